The molecule has 4 rings (SSSR count). The largest absolute Gasteiger partial charge is 0.386 e. The minimum atomic E-state index is -0.843. The molecule has 3 aromatic rings. The van der Waals surface area contributed by atoms with Crippen molar-refractivity contribution >= 4 is 28.1 Å². The minimum absolute atomic E-state index is 0.358. The molecule has 0 unspecified atom stereocenters. The molecule has 0 spiro atoms. The summed E-state index contributed by atoms with van der Waals surface area (Å²) in [5, 5.41) is 4.46. The van der Waals surface area contributed by atoms with Crippen molar-refractivity contribution in [3.05, 3.63) is 53.1 Å². The van der Waals surface area contributed by atoms with E-state index in [0.29, 0.717) is 45.0 Å². The average molecular weight is 461 g/mol. The highest BCUT2D eigenvalue weighted by Crippen LogP contribution is 2.38. The highest BCUT2D eigenvalue weighted by atomic mass is 35.5. The molecule has 2 N–H and O–H groups in total. The molecule has 0 aliphatic carbocycles. The van der Waals surface area contributed by atoms with Gasteiger partial charge in [-0.3, -0.25) is 9.36 Å². The molecule has 0 saturated carbocycles. The van der Waals surface area contributed by atoms with Gasteiger partial charge in [0.05, 0.1) is 15.3 Å². The first kappa shape index (κ1) is 21.6. The summed E-state index contributed by atoms with van der Waals surface area (Å²) in [5.41, 5.74) is 7.00. The lowest BCUT2D eigenvalue weighted by Crippen LogP contribution is -2.51. The lowest BCUT2D eigenvalue weighted by Gasteiger charge is -2.40. The van der Waals surface area contributed by atoms with Crippen LogP contribution in [0.1, 0.15) is 26.3 Å². The number of aliphatic imine (C=N–C) groups is 1. The van der Waals surface area contributed by atoms with Crippen molar-refractivity contribution in [3.63, 3.8) is 0 Å². The molecule has 1 aliphatic heterocycles. The van der Waals surface area contributed by atoms with Gasteiger partial charge in [0.25, 0.3) is 0 Å². The van der Waals surface area contributed by atoms with E-state index in [2.05, 4.69) is 19.5 Å². The number of hydrogen-bond donors (Lipinski definition) is 1. The van der Waals surface area contributed by atoms with Crippen molar-refractivity contribution in [2.24, 2.45) is 15.1 Å². The van der Waals surface area contributed by atoms with Crippen LogP contribution < -0.4 is 5.73 Å². The van der Waals surface area contributed by atoms with Crippen LogP contribution in [-0.2, 0) is 16.2 Å². The number of halogens is 2. The van der Waals surface area contributed by atoms with Gasteiger partial charge < -0.3 is 10.3 Å². The van der Waals surface area contributed by atoms with Crippen LogP contribution in [-0.4, -0.2) is 38.5 Å². The Morgan fingerprint density at radius 2 is 1.90 bits per heavy atom. The number of nitrogens with two attached hydrogens (primary N) is 1. The second-order valence-corrected chi connectivity index (χ2v) is 10.8. The van der Waals surface area contributed by atoms with Gasteiger partial charge in [0.2, 0.25) is 0 Å². The Balaban J connectivity index is 1.75. The zero-order valence-corrected chi connectivity index (χ0v) is 19.1. The van der Waals surface area contributed by atoms with E-state index in [4.69, 9.17) is 26.9 Å². The molecule has 31 heavy (non-hydrogen) atoms. The molecule has 2 atom stereocenters. The average Bonchev–Trinajstić information content (AvgIpc) is 3.22. The van der Waals surface area contributed by atoms with Gasteiger partial charge in [0, 0.05) is 42.4 Å². The number of nitrogens with zero attached hydrogens (tertiary/aromatic N) is 5. The van der Waals surface area contributed by atoms with E-state index >= 15 is 0 Å². The number of aromatic nitrogens is 3. The van der Waals surface area contributed by atoms with E-state index < -0.39 is 16.2 Å². The zero-order chi connectivity index (χ0) is 22.4. The van der Waals surface area contributed by atoms with E-state index in [9.17, 15) is 4.39 Å². The Morgan fingerprint density at radius 3 is 2.58 bits per heavy atom. The monoisotopic (exact) mass is 460 g/mol. The van der Waals surface area contributed by atoms with Crippen LogP contribution >= 0.6 is 11.6 Å². The van der Waals surface area contributed by atoms with Crippen molar-refractivity contribution < 1.29 is 8.91 Å². The Morgan fingerprint density at radius 1 is 1.19 bits per heavy atom. The molecule has 3 heterocycles. The molecule has 7 nitrogen and oxygen atoms in total. The third-order valence-electron chi connectivity index (χ3n) is 5.40. The third kappa shape index (κ3) is 3.87. The summed E-state index contributed by atoms with van der Waals surface area (Å²) in [6, 6.07) is 6.48. The van der Waals surface area contributed by atoms with Crippen molar-refractivity contribution in [1.82, 2.24) is 15.1 Å². The summed E-state index contributed by atoms with van der Waals surface area (Å²) in [7, 11) is 1.36. The molecule has 2 aromatic heterocycles. The van der Waals surface area contributed by atoms with E-state index in [1.165, 1.54) is 18.5 Å². The Bertz CT molecular complexity index is 1210. The van der Waals surface area contributed by atoms with Gasteiger partial charge in [-0.05, 0) is 39.0 Å². The van der Waals surface area contributed by atoms with Gasteiger partial charge in [-0.25, -0.2) is 14.4 Å². The van der Waals surface area contributed by atoms with Gasteiger partial charge >= 0.3 is 0 Å². The highest BCUT2D eigenvalue weighted by Gasteiger charge is 2.42. The van der Waals surface area contributed by atoms with Crippen LogP contribution in [0.15, 0.2) is 50.5 Å². The molecule has 0 fully saturated rings. The molecular weight excluding hydrogens is 439 g/mol. The smallest absolute Gasteiger partial charge is 0.181 e. The van der Waals surface area contributed by atoms with Gasteiger partial charge in [0.15, 0.2) is 17.3 Å². The molecule has 0 saturated heterocycles. The predicted molar refractivity (Wildman–Crippen MR) is 122 cm³/mol. The molecule has 0 radical (unpaired) electrons. The summed E-state index contributed by atoms with van der Waals surface area (Å²) < 4.78 is 24.6. The number of benzene rings is 1. The standard InChI is InChI=1S/C21H22ClFN6OS/c1-20(2)19(24)28-21(3,11-31(20)25-4)14-7-12(5-6-15(14)23)17-8-16(29-30-17)18-26-9-13(22)10-27-18/h5-10H,11H2,1-4H3,(H2,24,28)/t21-,31-/m0/s1. The maximum Gasteiger partial charge on any atom is 0.181 e. The maximum atomic E-state index is 15.0. The fraction of sp³-hybridized carbons (Fsp3) is 0.333. The number of rotatable bonds is 3. The van der Waals surface area contributed by atoms with Crippen molar-refractivity contribution in [1.29, 1.82) is 0 Å². The molecule has 0 amide bonds. The second kappa shape index (κ2) is 7.80. The van der Waals surface area contributed by atoms with Crippen LogP contribution in [0.4, 0.5) is 4.39 Å². The first-order chi connectivity index (χ1) is 14.6. The molecule has 1 aromatic carbocycles. The van der Waals surface area contributed by atoms with Crippen molar-refractivity contribution in [2.75, 3.05) is 12.8 Å². The molecule has 162 valence electrons. The summed E-state index contributed by atoms with van der Waals surface area (Å²) in [6.07, 6.45) is 2.97. The van der Waals surface area contributed by atoms with Gasteiger partial charge in [-0.15, -0.1) is 0 Å². The van der Waals surface area contributed by atoms with E-state index in [0.717, 1.165) is 0 Å². The Labute approximate surface area is 187 Å². The first-order valence-electron chi connectivity index (χ1n) is 9.56. The summed E-state index contributed by atoms with van der Waals surface area (Å²) in [6.45, 7) is 5.92. The normalized spacial score (nSPS) is 23.0. The van der Waals surface area contributed by atoms with Crippen LogP contribution in [0.5, 0.6) is 0 Å². The second-order valence-electron chi connectivity index (χ2n) is 7.97. The molecule has 0 bridgehead atoms. The van der Waals surface area contributed by atoms with Crippen LogP contribution in [0.25, 0.3) is 22.8 Å². The topological polar surface area (TPSA) is 103 Å². The van der Waals surface area contributed by atoms with Gasteiger partial charge in [0.1, 0.15) is 11.7 Å². The number of hydrogen-bond acceptors (Lipinski definition) is 7. The maximum absolute atomic E-state index is 15.0. The fourth-order valence-corrected chi connectivity index (χ4v) is 5.57. The minimum Gasteiger partial charge on any atom is -0.386 e. The van der Waals surface area contributed by atoms with E-state index in [-0.39, 0.29) is 10.6 Å². The molecule has 1 aliphatic rings. The van der Waals surface area contributed by atoms with Crippen molar-refractivity contribution in [2.45, 2.75) is 31.1 Å². The lowest BCUT2D eigenvalue weighted by molar-refractivity contribution is 0.434. The summed E-state index contributed by atoms with van der Waals surface area (Å²) >= 11 is 5.84. The first-order valence-corrected chi connectivity index (χ1v) is 11.3. The summed E-state index contributed by atoms with van der Waals surface area (Å²) in [4.78, 5) is 13.0. The van der Waals surface area contributed by atoms with Crippen LogP contribution in [0.3, 0.4) is 0 Å². The SMILES string of the molecule is CN=[S@]1C[C@@](C)(c2cc(-c3cc(-c4ncc(Cl)cn4)no3)ccc2F)N=C(N)C1(C)C. The fourth-order valence-electron chi connectivity index (χ4n) is 3.48. The Hall–Kier alpha value is -2.65. The predicted octanol–water partition coefficient (Wildman–Crippen LogP) is 4.39. The van der Waals surface area contributed by atoms with Crippen LogP contribution in [0, 0.1) is 5.82 Å². The van der Waals surface area contributed by atoms with Gasteiger partial charge in [-0.2, -0.15) is 0 Å². The third-order valence-corrected chi connectivity index (χ3v) is 8.26. The lowest BCUT2D eigenvalue weighted by atomic mass is 9.91. The summed E-state index contributed by atoms with van der Waals surface area (Å²) in [5.74, 6) is 1.53. The van der Waals surface area contributed by atoms with Crippen molar-refractivity contribution in [3.8, 4) is 22.8 Å². The highest BCUT2D eigenvalue weighted by molar-refractivity contribution is 7.89. The van der Waals surface area contributed by atoms with E-state index in [1.54, 1.807) is 25.2 Å². The quantitative estimate of drug-likeness (QED) is 0.624. The van der Waals surface area contributed by atoms with Gasteiger partial charge in [-0.1, -0.05) is 27.4 Å². The van der Waals surface area contributed by atoms with E-state index in [1.807, 2.05) is 20.8 Å². The molecule has 10 heteroatoms. The molecular formula is C21H22ClFN6OS. The zero-order valence-electron chi connectivity index (χ0n) is 17.6. The van der Waals surface area contributed by atoms with Crippen LogP contribution in [0.2, 0.25) is 5.02 Å². The number of amidine groups is 1. The Kier molecular flexibility index (Phi) is 5.43.